The van der Waals surface area contributed by atoms with Gasteiger partial charge in [-0.2, -0.15) is 0 Å². The van der Waals surface area contributed by atoms with E-state index in [2.05, 4.69) is 20.8 Å². The number of ether oxygens (including phenoxy) is 1. The number of hydrogen-bond acceptors (Lipinski definition) is 2. The molecule has 1 fully saturated rings. The van der Waals surface area contributed by atoms with Crippen LogP contribution in [0.3, 0.4) is 0 Å². The van der Waals surface area contributed by atoms with Gasteiger partial charge in [-0.05, 0) is 18.3 Å². The van der Waals surface area contributed by atoms with Gasteiger partial charge in [0.2, 0.25) is 0 Å². The molecule has 1 rings (SSSR count). The smallest absolute Gasteiger partial charge is 0.162 e. The van der Waals surface area contributed by atoms with E-state index in [9.17, 15) is 4.79 Å². The van der Waals surface area contributed by atoms with Gasteiger partial charge in [-0.1, -0.05) is 46.5 Å². The Balaban J connectivity index is 2.52. The van der Waals surface area contributed by atoms with Crippen LogP contribution in [0.5, 0.6) is 0 Å². The van der Waals surface area contributed by atoms with Crippen LogP contribution in [-0.2, 0) is 9.53 Å². The highest BCUT2D eigenvalue weighted by Crippen LogP contribution is 2.31. The number of ketones is 1. The summed E-state index contributed by atoms with van der Waals surface area (Å²) in [6, 6.07) is 0. The summed E-state index contributed by atoms with van der Waals surface area (Å²) < 4.78 is 5.63. The number of carbonyl (C=O) groups excluding carboxylic acids is 1. The van der Waals surface area contributed by atoms with Gasteiger partial charge >= 0.3 is 0 Å². The molecule has 0 radical (unpaired) electrons. The van der Waals surface area contributed by atoms with Crippen molar-refractivity contribution in [2.75, 3.05) is 6.61 Å². The molecule has 1 aliphatic rings. The first-order valence-electron chi connectivity index (χ1n) is 6.59. The summed E-state index contributed by atoms with van der Waals surface area (Å²) in [6.07, 6.45) is 5.56. The first-order chi connectivity index (χ1) is 7.45. The molecule has 0 bridgehead atoms. The summed E-state index contributed by atoms with van der Waals surface area (Å²) in [7, 11) is 0. The van der Waals surface area contributed by atoms with E-state index in [0.29, 0.717) is 18.3 Å². The van der Waals surface area contributed by atoms with Crippen molar-refractivity contribution in [2.45, 2.75) is 65.9 Å². The molecule has 1 unspecified atom stereocenters. The topological polar surface area (TPSA) is 26.3 Å². The van der Waals surface area contributed by atoms with Crippen molar-refractivity contribution in [3.05, 3.63) is 0 Å². The quantitative estimate of drug-likeness (QED) is 0.716. The van der Waals surface area contributed by atoms with Crippen molar-refractivity contribution in [1.29, 1.82) is 0 Å². The predicted octanol–water partition coefficient (Wildman–Crippen LogP) is 3.59. The van der Waals surface area contributed by atoms with E-state index in [0.717, 1.165) is 6.42 Å². The lowest BCUT2D eigenvalue weighted by Crippen LogP contribution is -2.37. The normalized spacial score (nSPS) is 20.0. The van der Waals surface area contributed by atoms with E-state index < -0.39 is 0 Å². The highest BCUT2D eigenvalue weighted by Gasteiger charge is 2.33. The largest absolute Gasteiger partial charge is 0.370 e. The minimum absolute atomic E-state index is 0.0777. The van der Waals surface area contributed by atoms with Crippen LogP contribution >= 0.6 is 0 Å². The van der Waals surface area contributed by atoms with E-state index in [-0.39, 0.29) is 11.5 Å². The standard InChI is InChI=1S/C14H26O2/c1-5-16-13(14(2,3)4)12(15)10-11-8-6-7-9-11/h11,13H,5-10H2,1-4H3. The van der Waals surface area contributed by atoms with Gasteiger partial charge in [0, 0.05) is 13.0 Å². The third kappa shape index (κ3) is 3.89. The maximum Gasteiger partial charge on any atom is 0.162 e. The van der Waals surface area contributed by atoms with Crippen molar-refractivity contribution in [1.82, 2.24) is 0 Å². The van der Waals surface area contributed by atoms with Crippen molar-refractivity contribution < 1.29 is 9.53 Å². The number of hydrogen-bond donors (Lipinski definition) is 0. The molecule has 1 saturated carbocycles. The monoisotopic (exact) mass is 226 g/mol. The van der Waals surface area contributed by atoms with Crippen LogP contribution in [0, 0.1) is 11.3 Å². The fraction of sp³-hybridized carbons (Fsp3) is 0.929. The Labute approximate surface area is 99.8 Å². The number of Topliss-reactive ketones (excluding diaryl/α,β-unsaturated/α-hetero) is 1. The van der Waals surface area contributed by atoms with Gasteiger partial charge in [0.05, 0.1) is 0 Å². The molecule has 0 heterocycles. The van der Waals surface area contributed by atoms with Crippen molar-refractivity contribution in [2.24, 2.45) is 11.3 Å². The first kappa shape index (κ1) is 13.7. The molecule has 0 aromatic heterocycles. The van der Waals surface area contributed by atoms with Gasteiger partial charge in [-0.3, -0.25) is 4.79 Å². The van der Waals surface area contributed by atoms with Crippen LogP contribution in [0.15, 0.2) is 0 Å². The zero-order valence-electron chi connectivity index (χ0n) is 11.2. The van der Waals surface area contributed by atoms with E-state index in [1.807, 2.05) is 6.92 Å². The van der Waals surface area contributed by atoms with Gasteiger partial charge in [0.1, 0.15) is 6.10 Å². The Morgan fingerprint density at radius 1 is 1.31 bits per heavy atom. The van der Waals surface area contributed by atoms with E-state index >= 15 is 0 Å². The molecule has 94 valence electrons. The van der Waals surface area contributed by atoms with Crippen LogP contribution in [-0.4, -0.2) is 18.5 Å². The van der Waals surface area contributed by atoms with Crippen LogP contribution in [0.2, 0.25) is 0 Å². The van der Waals surface area contributed by atoms with Gasteiger partial charge in [-0.25, -0.2) is 0 Å². The summed E-state index contributed by atoms with van der Waals surface area (Å²) >= 11 is 0. The van der Waals surface area contributed by atoms with Crippen LogP contribution in [0.4, 0.5) is 0 Å². The summed E-state index contributed by atoms with van der Waals surface area (Å²) in [5, 5.41) is 0. The molecule has 2 nitrogen and oxygen atoms in total. The predicted molar refractivity (Wildman–Crippen MR) is 66.5 cm³/mol. The lowest BCUT2D eigenvalue weighted by Gasteiger charge is -2.29. The van der Waals surface area contributed by atoms with Crippen molar-refractivity contribution in [3.63, 3.8) is 0 Å². The molecule has 1 aliphatic carbocycles. The second-order valence-corrected chi connectivity index (χ2v) is 6.02. The maximum atomic E-state index is 12.2. The van der Waals surface area contributed by atoms with Crippen molar-refractivity contribution in [3.8, 4) is 0 Å². The minimum atomic E-state index is -0.224. The summed E-state index contributed by atoms with van der Waals surface area (Å²) in [4.78, 5) is 12.2. The average molecular weight is 226 g/mol. The maximum absolute atomic E-state index is 12.2. The van der Waals surface area contributed by atoms with E-state index in [4.69, 9.17) is 4.74 Å². The molecule has 1 atom stereocenters. The van der Waals surface area contributed by atoms with Crippen LogP contribution in [0.1, 0.15) is 59.8 Å². The highest BCUT2D eigenvalue weighted by atomic mass is 16.5. The molecule has 0 aromatic rings. The van der Waals surface area contributed by atoms with Crippen LogP contribution in [0.25, 0.3) is 0 Å². The van der Waals surface area contributed by atoms with Gasteiger partial charge in [0.25, 0.3) is 0 Å². The fourth-order valence-electron chi connectivity index (χ4n) is 2.60. The molecule has 2 heteroatoms. The Morgan fingerprint density at radius 3 is 2.31 bits per heavy atom. The number of carbonyl (C=O) groups is 1. The number of rotatable bonds is 5. The first-order valence-corrected chi connectivity index (χ1v) is 6.59. The summed E-state index contributed by atoms with van der Waals surface area (Å²) in [6.45, 7) is 8.83. The van der Waals surface area contributed by atoms with E-state index in [1.165, 1.54) is 25.7 Å². The lowest BCUT2D eigenvalue weighted by molar-refractivity contribution is -0.138. The Bertz CT molecular complexity index is 221. The molecule has 0 amide bonds. The molecule has 0 saturated heterocycles. The van der Waals surface area contributed by atoms with Gasteiger partial charge in [0.15, 0.2) is 5.78 Å². The second-order valence-electron chi connectivity index (χ2n) is 6.02. The molecule has 0 N–H and O–H groups in total. The zero-order chi connectivity index (χ0) is 12.2. The fourth-order valence-corrected chi connectivity index (χ4v) is 2.60. The van der Waals surface area contributed by atoms with Crippen LogP contribution < -0.4 is 0 Å². The highest BCUT2D eigenvalue weighted by molar-refractivity contribution is 5.84. The average Bonchev–Trinajstić information content (AvgIpc) is 2.64. The molecular weight excluding hydrogens is 200 g/mol. The molecule has 0 aromatic carbocycles. The minimum Gasteiger partial charge on any atom is -0.370 e. The summed E-state index contributed by atoms with van der Waals surface area (Å²) in [5.41, 5.74) is -0.0777. The Morgan fingerprint density at radius 2 is 1.88 bits per heavy atom. The van der Waals surface area contributed by atoms with Crippen molar-refractivity contribution >= 4 is 5.78 Å². The Hall–Kier alpha value is -0.370. The molecular formula is C14H26O2. The lowest BCUT2D eigenvalue weighted by atomic mass is 9.83. The molecule has 0 spiro atoms. The van der Waals surface area contributed by atoms with Gasteiger partial charge < -0.3 is 4.74 Å². The zero-order valence-corrected chi connectivity index (χ0v) is 11.2. The molecule has 0 aliphatic heterocycles. The second kappa shape index (κ2) is 5.81. The molecule has 16 heavy (non-hydrogen) atoms. The third-order valence-electron chi connectivity index (χ3n) is 3.38. The van der Waals surface area contributed by atoms with Gasteiger partial charge in [-0.15, -0.1) is 0 Å². The summed E-state index contributed by atoms with van der Waals surface area (Å²) in [5.74, 6) is 0.930. The third-order valence-corrected chi connectivity index (χ3v) is 3.38. The Kier molecular flexibility index (Phi) is 4.97. The SMILES string of the molecule is CCOC(C(=O)CC1CCCC1)C(C)(C)C. The van der Waals surface area contributed by atoms with E-state index in [1.54, 1.807) is 0 Å².